The minimum Gasteiger partial charge on any atom is -0.488 e. The highest BCUT2D eigenvalue weighted by molar-refractivity contribution is 6.04. The number of hydrogen-bond donors (Lipinski definition) is 1. The van der Waals surface area contributed by atoms with E-state index >= 15 is 0 Å². The molecular weight excluding hydrogens is 400 g/mol. The molecule has 0 bridgehead atoms. The van der Waals surface area contributed by atoms with Crippen LogP contribution in [0.15, 0.2) is 77.9 Å². The van der Waals surface area contributed by atoms with E-state index in [1.54, 1.807) is 6.21 Å². The monoisotopic (exact) mass is 422 g/mol. The zero-order valence-electron chi connectivity index (χ0n) is 17.9. The summed E-state index contributed by atoms with van der Waals surface area (Å²) >= 11 is 0. The molecule has 2 aromatic heterocycles. The van der Waals surface area contributed by atoms with Gasteiger partial charge in [-0.1, -0.05) is 60.2 Å². The highest BCUT2D eigenvalue weighted by atomic mass is 16.5. The molecular formula is C25H22N6O. The molecule has 0 saturated heterocycles. The van der Waals surface area contributed by atoms with Crippen molar-refractivity contribution in [2.75, 3.05) is 5.43 Å². The van der Waals surface area contributed by atoms with Gasteiger partial charge in [0, 0.05) is 18.0 Å². The second-order valence-electron chi connectivity index (χ2n) is 7.57. The van der Waals surface area contributed by atoms with Gasteiger partial charge in [0.05, 0.1) is 11.7 Å². The molecule has 7 heteroatoms. The predicted molar refractivity (Wildman–Crippen MR) is 127 cm³/mol. The van der Waals surface area contributed by atoms with E-state index in [9.17, 15) is 0 Å². The molecule has 0 aliphatic rings. The summed E-state index contributed by atoms with van der Waals surface area (Å²) in [5.74, 6) is 1.08. The normalized spacial score (nSPS) is 11.4. The van der Waals surface area contributed by atoms with Gasteiger partial charge in [0.15, 0.2) is 5.65 Å². The summed E-state index contributed by atoms with van der Waals surface area (Å²) in [6, 6.07) is 24.1. The average molecular weight is 422 g/mol. The number of aromatic nitrogens is 4. The second-order valence-corrected chi connectivity index (χ2v) is 7.57. The second kappa shape index (κ2) is 8.47. The molecule has 0 amide bonds. The fourth-order valence-electron chi connectivity index (χ4n) is 3.58. The van der Waals surface area contributed by atoms with Crippen molar-refractivity contribution in [3.8, 4) is 5.75 Å². The van der Waals surface area contributed by atoms with E-state index in [0.29, 0.717) is 12.6 Å². The summed E-state index contributed by atoms with van der Waals surface area (Å²) in [7, 11) is 1.97. The maximum Gasteiger partial charge on any atom is 0.265 e. The van der Waals surface area contributed by atoms with Crippen LogP contribution < -0.4 is 10.2 Å². The van der Waals surface area contributed by atoms with Gasteiger partial charge in [0.1, 0.15) is 17.9 Å². The first-order valence-corrected chi connectivity index (χ1v) is 10.3. The van der Waals surface area contributed by atoms with Crippen LogP contribution in [0.2, 0.25) is 0 Å². The Hall–Kier alpha value is -4.26. The fourth-order valence-corrected chi connectivity index (χ4v) is 3.58. The van der Waals surface area contributed by atoms with E-state index in [1.807, 2.05) is 60.1 Å². The molecule has 0 aliphatic heterocycles. The van der Waals surface area contributed by atoms with Crippen LogP contribution in [0.3, 0.4) is 0 Å². The number of anilines is 1. The van der Waals surface area contributed by atoms with Crippen LogP contribution >= 0.6 is 0 Å². The lowest BCUT2D eigenvalue weighted by Gasteiger charge is -2.09. The van der Waals surface area contributed by atoms with Crippen LogP contribution in [0.1, 0.15) is 16.7 Å². The molecule has 1 N–H and O–H groups in total. The first-order chi connectivity index (χ1) is 15.7. The fraction of sp³-hybridized carbons (Fsp3) is 0.120. The third kappa shape index (κ3) is 3.88. The third-order valence-electron chi connectivity index (χ3n) is 5.31. The quantitative estimate of drug-likeness (QED) is 0.313. The Kier molecular flexibility index (Phi) is 5.21. The van der Waals surface area contributed by atoms with Crippen LogP contribution in [0.5, 0.6) is 5.75 Å². The maximum absolute atomic E-state index is 6.01. The molecule has 0 unspecified atom stereocenters. The van der Waals surface area contributed by atoms with Crippen molar-refractivity contribution in [3.63, 3.8) is 0 Å². The van der Waals surface area contributed by atoms with Crippen molar-refractivity contribution >= 4 is 34.2 Å². The summed E-state index contributed by atoms with van der Waals surface area (Å²) < 4.78 is 8.01. The predicted octanol–water partition coefficient (Wildman–Crippen LogP) is 4.85. The van der Waals surface area contributed by atoms with Gasteiger partial charge in [-0.15, -0.1) is 10.2 Å². The van der Waals surface area contributed by atoms with E-state index in [1.165, 1.54) is 5.56 Å². The molecule has 32 heavy (non-hydrogen) atoms. The molecule has 3 aromatic carbocycles. The number of ether oxygens (including phenoxy) is 1. The Balaban J connectivity index is 1.33. The van der Waals surface area contributed by atoms with Crippen molar-refractivity contribution in [2.45, 2.75) is 13.5 Å². The molecule has 5 rings (SSSR count). The maximum atomic E-state index is 6.01. The van der Waals surface area contributed by atoms with Crippen LogP contribution in [0.25, 0.3) is 22.1 Å². The molecule has 0 saturated carbocycles. The molecule has 7 nitrogen and oxygen atoms in total. The van der Waals surface area contributed by atoms with Crippen molar-refractivity contribution in [3.05, 3.63) is 89.5 Å². The SMILES string of the molecule is Cc1ccc(COc2ccccc2/C=N/Nc2nnc3c4ccccc4n(C)c3n2)cc1. The van der Waals surface area contributed by atoms with E-state index in [-0.39, 0.29) is 0 Å². The topological polar surface area (TPSA) is 77.2 Å². The van der Waals surface area contributed by atoms with Gasteiger partial charge in [-0.2, -0.15) is 10.1 Å². The Morgan fingerprint density at radius 2 is 1.75 bits per heavy atom. The zero-order valence-corrected chi connectivity index (χ0v) is 17.9. The highest BCUT2D eigenvalue weighted by Gasteiger charge is 2.11. The summed E-state index contributed by atoms with van der Waals surface area (Å²) in [6.07, 6.45) is 1.69. The molecule has 2 heterocycles. The first-order valence-electron chi connectivity index (χ1n) is 10.3. The van der Waals surface area contributed by atoms with Crippen molar-refractivity contribution in [1.82, 2.24) is 19.7 Å². The minimum atomic E-state index is 0.331. The number of aryl methyl sites for hydroxylation is 2. The van der Waals surface area contributed by atoms with Gasteiger partial charge in [0.2, 0.25) is 0 Å². The van der Waals surface area contributed by atoms with Crippen LogP contribution in [-0.2, 0) is 13.7 Å². The lowest BCUT2D eigenvalue weighted by molar-refractivity contribution is 0.306. The zero-order chi connectivity index (χ0) is 21.9. The number of para-hydroxylation sites is 2. The highest BCUT2D eigenvalue weighted by Crippen LogP contribution is 2.25. The average Bonchev–Trinajstić information content (AvgIpc) is 3.11. The van der Waals surface area contributed by atoms with Gasteiger partial charge in [-0.05, 0) is 30.7 Å². The van der Waals surface area contributed by atoms with Crippen LogP contribution in [0.4, 0.5) is 5.95 Å². The number of rotatable bonds is 6. The molecule has 0 atom stereocenters. The molecule has 158 valence electrons. The Bertz CT molecular complexity index is 1420. The molecule has 0 fully saturated rings. The Morgan fingerprint density at radius 3 is 2.62 bits per heavy atom. The number of hydrogen-bond acceptors (Lipinski definition) is 6. The largest absolute Gasteiger partial charge is 0.488 e. The van der Waals surface area contributed by atoms with E-state index < -0.39 is 0 Å². The number of nitrogens with one attached hydrogen (secondary N) is 1. The van der Waals surface area contributed by atoms with Crippen molar-refractivity contribution in [1.29, 1.82) is 0 Å². The van der Waals surface area contributed by atoms with Crippen LogP contribution in [-0.4, -0.2) is 26.0 Å². The number of fused-ring (bicyclic) bond motifs is 3. The molecule has 5 aromatic rings. The summed E-state index contributed by atoms with van der Waals surface area (Å²) in [6.45, 7) is 2.56. The van der Waals surface area contributed by atoms with Gasteiger partial charge < -0.3 is 9.30 Å². The lowest BCUT2D eigenvalue weighted by atomic mass is 10.1. The Morgan fingerprint density at radius 1 is 0.969 bits per heavy atom. The lowest BCUT2D eigenvalue weighted by Crippen LogP contribution is -2.02. The molecule has 0 spiro atoms. The van der Waals surface area contributed by atoms with Gasteiger partial charge in [0.25, 0.3) is 5.95 Å². The summed E-state index contributed by atoms with van der Waals surface area (Å²) in [4.78, 5) is 4.58. The van der Waals surface area contributed by atoms with E-state index in [4.69, 9.17) is 4.74 Å². The Labute approximate surface area is 185 Å². The van der Waals surface area contributed by atoms with E-state index in [0.717, 1.165) is 38.9 Å². The third-order valence-corrected chi connectivity index (χ3v) is 5.31. The van der Waals surface area contributed by atoms with Gasteiger partial charge >= 0.3 is 0 Å². The smallest absolute Gasteiger partial charge is 0.265 e. The molecule has 0 radical (unpaired) electrons. The molecule has 0 aliphatic carbocycles. The first kappa shape index (κ1) is 19.7. The van der Waals surface area contributed by atoms with Crippen LogP contribution in [0, 0.1) is 6.92 Å². The minimum absolute atomic E-state index is 0.331. The number of nitrogens with zero attached hydrogens (tertiary/aromatic N) is 5. The van der Waals surface area contributed by atoms with E-state index in [2.05, 4.69) is 56.9 Å². The van der Waals surface area contributed by atoms with Crippen molar-refractivity contribution < 1.29 is 4.74 Å². The summed E-state index contributed by atoms with van der Waals surface area (Å²) in [5.41, 5.74) is 8.66. The summed E-state index contributed by atoms with van der Waals surface area (Å²) in [5, 5.41) is 13.9. The number of benzene rings is 3. The standard InChI is InChI=1S/C25H22N6O/c1-17-11-13-18(14-12-17)16-32-22-10-6-3-7-19(22)15-26-29-25-27-24-23(28-30-25)20-8-4-5-9-21(20)31(24)2/h3-15H,16H2,1-2H3,(H,27,29,30)/b26-15+. The number of hydrazone groups is 1. The van der Waals surface area contributed by atoms with Crippen molar-refractivity contribution in [2.24, 2.45) is 12.1 Å². The van der Waals surface area contributed by atoms with Gasteiger partial charge in [-0.3, -0.25) is 0 Å². The van der Waals surface area contributed by atoms with Gasteiger partial charge in [-0.25, -0.2) is 5.43 Å².